The van der Waals surface area contributed by atoms with Gasteiger partial charge in [-0.05, 0) is 29.8 Å². The molecule has 17 heteroatoms. The average Bonchev–Trinajstić information content (AvgIpc) is 3.59. The maximum atomic E-state index is 12.9. The zero-order chi connectivity index (χ0) is 28.5. The maximum Gasteiger partial charge on any atom is 0.490 e. The number of hydrogen-bond donors (Lipinski definition) is 2. The van der Waals surface area contributed by atoms with Crippen LogP contribution in [0, 0.1) is 0 Å². The van der Waals surface area contributed by atoms with Crippen molar-refractivity contribution in [3.8, 4) is 10.4 Å². The van der Waals surface area contributed by atoms with Gasteiger partial charge in [-0.1, -0.05) is 6.07 Å². The number of benzene rings is 1. The Morgan fingerprint density at radius 1 is 1.13 bits per heavy atom. The van der Waals surface area contributed by atoms with Crippen LogP contribution in [0.2, 0.25) is 0 Å². The number of nitrogens with zero attached hydrogens (tertiary/aromatic N) is 4. The van der Waals surface area contributed by atoms with Crippen molar-refractivity contribution < 1.29 is 36.3 Å². The Morgan fingerprint density at radius 2 is 1.87 bits per heavy atom. The third-order valence-corrected chi connectivity index (χ3v) is 7.45. The molecule has 4 rings (SSSR count). The van der Waals surface area contributed by atoms with Crippen molar-refractivity contribution in [3.05, 3.63) is 68.7 Å². The van der Waals surface area contributed by atoms with E-state index in [0.717, 1.165) is 25.8 Å². The smallest absolute Gasteiger partial charge is 0.438 e. The van der Waals surface area contributed by atoms with Crippen LogP contribution >= 0.6 is 22.7 Å². The fourth-order valence-electron chi connectivity index (χ4n) is 3.37. The SMILES string of the molecule is NCC(Cn1ncn(Cc2ccc(-c3ccc4nc(C(OC(=O)C(F)(F)F)C(N)=O)sc4c3)s2)c1=O)=C(F)F. The minimum Gasteiger partial charge on any atom is -0.438 e. The van der Waals surface area contributed by atoms with Crippen LogP contribution in [0.25, 0.3) is 20.7 Å². The number of amides is 1. The van der Waals surface area contributed by atoms with Crippen molar-refractivity contribution in [2.24, 2.45) is 11.5 Å². The molecule has 3 heterocycles. The topological polar surface area (TPSA) is 148 Å². The Balaban J connectivity index is 1.54. The summed E-state index contributed by atoms with van der Waals surface area (Å²) in [6.45, 7) is -0.715. The molecular weight excluding hydrogens is 571 g/mol. The van der Waals surface area contributed by atoms with Crippen LogP contribution in [0.1, 0.15) is 16.0 Å². The van der Waals surface area contributed by atoms with Gasteiger partial charge in [0.2, 0.25) is 6.10 Å². The van der Waals surface area contributed by atoms with Crippen LogP contribution in [0.3, 0.4) is 0 Å². The first-order valence-corrected chi connectivity index (χ1v) is 12.4. The number of alkyl halides is 3. The van der Waals surface area contributed by atoms with Crippen molar-refractivity contribution >= 4 is 44.8 Å². The van der Waals surface area contributed by atoms with Gasteiger partial charge in [0.15, 0.2) is 0 Å². The third kappa shape index (κ3) is 6.21. The summed E-state index contributed by atoms with van der Waals surface area (Å²) >= 11 is 2.17. The van der Waals surface area contributed by atoms with Crippen LogP contribution < -0.4 is 17.2 Å². The molecule has 39 heavy (non-hydrogen) atoms. The maximum absolute atomic E-state index is 12.9. The summed E-state index contributed by atoms with van der Waals surface area (Å²) in [5.74, 6) is -3.87. The lowest BCUT2D eigenvalue weighted by Crippen LogP contribution is -2.32. The molecule has 1 amide bonds. The highest BCUT2D eigenvalue weighted by atomic mass is 32.1. The molecule has 0 radical (unpaired) electrons. The number of nitrogens with two attached hydrogens (primary N) is 2. The van der Waals surface area contributed by atoms with Gasteiger partial charge in [-0.25, -0.2) is 19.3 Å². The fraction of sp³-hybridized carbons (Fsp3) is 0.227. The number of carbonyl (C=O) groups is 2. The first-order chi connectivity index (χ1) is 18.4. The number of fused-ring (bicyclic) bond motifs is 1. The van der Waals surface area contributed by atoms with Gasteiger partial charge < -0.3 is 16.2 Å². The second-order valence-corrected chi connectivity index (χ2v) is 10.2. The largest absolute Gasteiger partial charge is 0.490 e. The Bertz CT molecular complexity index is 1630. The van der Waals surface area contributed by atoms with E-state index in [4.69, 9.17) is 11.5 Å². The minimum atomic E-state index is -5.31. The molecule has 0 spiro atoms. The van der Waals surface area contributed by atoms with Gasteiger partial charge in [0.05, 0.1) is 23.3 Å². The number of ether oxygens (including phenoxy) is 1. The van der Waals surface area contributed by atoms with E-state index in [0.29, 0.717) is 15.8 Å². The van der Waals surface area contributed by atoms with Crippen molar-refractivity contribution in [1.82, 2.24) is 19.3 Å². The molecule has 4 aromatic rings. The summed E-state index contributed by atoms with van der Waals surface area (Å²) in [5.41, 5.74) is 10.5. The van der Waals surface area contributed by atoms with E-state index in [1.165, 1.54) is 22.2 Å². The van der Waals surface area contributed by atoms with E-state index in [2.05, 4.69) is 14.8 Å². The number of carbonyl (C=O) groups excluding carboxylic acids is 2. The highest BCUT2D eigenvalue weighted by molar-refractivity contribution is 7.19. The van der Waals surface area contributed by atoms with Gasteiger partial charge in [0, 0.05) is 21.9 Å². The molecule has 10 nitrogen and oxygen atoms in total. The van der Waals surface area contributed by atoms with Gasteiger partial charge in [-0.15, -0.1) is 22.7 Å². The number of hydrogen-bond acceptors (Lipinski definition) is 9. The highest BCUT2D eigenvalue weighted by Crippen LogP contribution is 2.35. The van der Waals surface area contributed by atoms with Crippen LogP contribution in [-0.2, 0) is 27.4 Å². The van der Waals surface area contributed by atoms with E-state index < -0.39 is 54.6 Å². The van der Waals surface area contributed by atoms with Crippen LogP contribution in [0.15, 0.2) is 53.1 Å². The number of aromatic nitrogens is 4. The van der Waals surface area contributed by atoms with Gasteiger partial charge >= 0.3 is 17.8 Å². The minimum absolute atomic E-state index is 0.126. The van der Waals surface area contributed by atoms with E-state index in [-0.39, 0.29) is 11.6 Å². The molecule has 3 aromatic heterocycles. The molecule has 0 saturated carbocycles. The molecule has 1 atom stereocenters. The summed E-state index contributed by atoms with van der Waals surface area (Å²) in [6, 6.07) is 8.50. The predicted molar refractivity (Wildman–Crippen MR) is 131 cm³/mol. The average molecular weight is 589 g/mol. The molecule has 0 saturated heterocycles. The molecule has 0 aliphatic carbocycles. The van der Waals surface area contributed by atoms with Crippen LogP contribution in [-0.4, -0.2) is 43.9 Å². The summed E-state index contributed by atoms with van der Waals surface area (Å²) in [6.07, 6.45) is -8.04. The second kappa shape index (κ2) is 11.0. The van der Waals surface area contributed by atoms with E-state index in [1.54, 1.807) is 30.3 Å². The number of rotatable bonds is 9. The lowest BCUT2D eigenvalue weighted by atomic mass is 10.2. The highest BCUT2D eigenvalue weighted by Gasteiger charge is 2.44. The number of thiophene rings is 1. The molecule has 0 aliphatic rings. The van der Waals surface area contributed by atoms with E-state index in [9.17, 15) is 36.3 Å². The van der Waals surface area contributed by atoms with Crippen LogP contribution in [0.5, 0.6) is 0 Å². The third-order valence-electron chi connectivity index (χ3n) is 5.27. The van der Waals surface area contributed by atoms with Crippen molar-refractivity contribution in [3.63, 3.8) is 0 Å². The molecular formula is C22H17F5N6O4S2. The molecule has 4 N–H and O–H groups in total. The molecule has 0 bridgehead atoms. The first kappa shape index (κ1) is 28.1. The second-order valence-electron chi connectivity index (χ2n) is 7.95. The Morgan fingerprint density at radius 3 is 2.51 bits per heavy atom. The molecule has 1 unspecified atom stereocenters. The summed E-state index contributed by atoms with van der Waals surface area (Å²) in [5, 5.41) is 3.65. The van der Waals surface area contributed by atoms with E-state index in [1.807, 2.05) is 0 Å². The zero-order valence-electron chi connectivity index (χ0n) is 19.4. The molecule has 0 aliphatic heterocycles. The molecule has 0 fully saturated rings. The number of halogens is 5. The fourth-order valence-corrected chi connectivity index (χ4v) is 5.42. The summed E-state index contributed by atoms with van der Waals surface area (Å²) in [4.78, 5) is 41.0. The first-order valence-electron chi connectivity index (χ1n) is 10.8. The molecule has 1 aromatic carbocycles. The Labute approximate surface area is 222 Å². The quantitative estimate of drug-likeness (QED) is 0.225. The summed E-state index contributed by atoms with van der Waals surface area (Å²) in [7, 11) is 0. The monoisotopic (exact) mass is 588 g/mol. The molecule has 206 valence electrons. The van der Waals surface area contributed by atoms with E-state index >= 15 is 0 Å². The lowest BCUT2D eigenvalue weighted by molar-refractivity contribution is -0.205. The van der Waals surface area contributed by atoms with Crippen molar-refractivity contribution in [1.29, 1.82) is 0 Å². The summed E-state index contributed by atoms with van der Waals surface area (Å²) < 4.78 is 70.4. The van der Waals surface area contributed by atoms with Crippen molar-refractivity contribution in [2.75, 3.05) is 6.54 Å². The van der Waals surface area contributed by atoms with Gasteiger partial charge in [-0.2, -0.15) is 27.1 Å². The standard InChI is InChI=1S/C22H17F5N6O4S2/c23-17(24)11(6-28)7-33-21(36)32(9-30-33)8-12-2-4-14(38-12)10-1-3-13-15(5-10)39-19(31-13)16(18(29)34)37-20(35)22(25,26)27/h1-5,9,16H,6-8,28H2,(H2,29,34). The Hall–Kier alpha value is -3.96. The number of esters is 1. The van der Waals surface area contributed by atoms with Gasteiger partial charge in [0.25, 0.3) is 12.0 Å². The number of primary amides is 1. The zero-order valence-corrected chi connectivity index (χ0v) is 21.1. The number of thiazole rings is 1. The predicted octanol–water partition coefficient (Wildman–Crippen LogP) is 3.17. The van der Waals surface area contributed by atoms with Gasteiger partial charge in [-0.3, -0.25) is 9.36 Å². The van der Waals surface area contributed by atoms with Crippen molar-refractivity contribution in [2.45, 2.75) is 25.4 Å². The lowest BCUT2D eigenvalue weighted by Gasteiger charge is -2.13. The van der Waals surface area contributed by atoms with Crippen LogP contribution in [0.4, 0.5) is 22.0 Å². The normalized spacial score (nSPS) is 12.5. The van der Waals surface area contributed by atoms with Gasteiger partial charge in [0.1, 0.15) is 11.3 Å². The Kier molecular flexibility index (Phi) is 7.94.